The van der Waals surface area contributed by atoms with Crippen LogP contribution in [-0.4, -0.2) is 22.8 Å². The average Bonchev–Trinajstić information content (AvgIpc) is 2.13. The lowest BCUT2D eigenvalue weighted by atomic mass is 10.2. The van der Waals surface area contributed by atoms with Crippen molar-refractivity contribution in [2.75, 3.05) is 6.54 Å². The van der Waals surface area contributed by atoms with Gasteiger partial charge in [-0.25, -0.2) is 0 Å². The minimum Gasteiger partial charge on any atom is -0.470 e. The molecule has 1 unspecified atom stereocenters. The number of hydrogen-bond donors (Lipinski definition) is 1. The summed E-state index contributed by atoms with van der Waals surface area (Å²) in [6.45, 7) is 0.896. The van der Waals surface area contributed by atoms with E-state index < -0.39 is 0 Å². The Balaban J connectivity index is 1.96. The van der Waals surface area contributed by atoms with Gasteiger partial charge in [0, 0.05) is 13.0 Å². The highest BCUT2D eigenvalue weighted by Crippen LogP contribution is 2.21. The summed E-state index contributed by atoms with van der Waals surface area (Å²) < 4.78 is 5.68. The van der Waals surface area contributed by atoms with Crippen LogP contribution in [-0.2, 0) is 0 Å². The van der Waals surface area contributed by atoms with Crippen molar-refractivity contribution in [2.45, 2.75) is 12.6 Å². The Hall–Kier alpha value is -1.29. The van der Waals surface area contributed by atoms with Crippen molar-refractivity contribution in [1.82, 2.24) is 4.90 Å². The normalized spacial score (nSPS) is 20.0. The van der Waals surface area contributed by atoms with Crippen LogP contribution >= 0.6 is 12.2 Å². The summed E-state index contributed by atoms with van der Waals surface area (Å²) in [7, 11) is 0. The molecule has 0 bridgehead atoms. The third-order valence-corrected chi connectivity index (χ3v) is 2.50. The lowest BCUT2D eigenvalue weighted by Crippen LogP contribution is -2.55. The fraction of sp³-hybridized carbons (Fsp3) is 0.300. The summed E-state index contributed by atoms with van der Waals surface area (Å²) in [5.41, 5.74) is 5.52. The van der Waals surface area contributed by atoms with Gasteiger partial charge >= 0.3 is 0 Å². The van der Waals surface area contributed by atoms with Gasteiger partial charge in [-0.2, -0.15) is 0 Å². The van der Waals surface area contributed by atoms with Crippen LogP contribution in [0.1, 0.15) is 6.42 Å². The van der Waals surface area contributed by atoms with Crippen LogP contribution in [0.2, 0.25) is 0 Å². The number of para-hydroxylation sites is 1. The maximum atomic E-state index is 5.68. The van der Waals surface area contributed by atoms with E-state index in [-0.39, 0.29) is 6.23 Å². The van der Waals surface area contributed by atoms with E-state index in [1.165, 1.54) is 0 Å². The van der Waals surface area contributed by atoms with Crippen molar-refractivity contribution in [3.05, 3.63) is 30.3 Å². The largest absolute Gasteiger partial charge is 0.470 e. The number of nitrogens with two attached hydrogens (primary N) is 1. The van der Waals surface area contributed by atoms with Gasteiger partial charge in [-0.1, -0.05) is 18.2 Å². The second-order valence-corrected chi connectivity index (χ2v) is 3.62. The van der Waals surface area contributed by atoms with Gasteiger partial charge in [0.15, 0.2) is 11.3 Å². The summed E-state index contributed by atoms with van der Waals surface area (Å²) >= 11 is 4.89. The number of likely N-dealkylation sites (tertiary alicyclic amines) is 1. The predicted octanol–water partition coefficient (Wildman–Crippen LogP) is 1.34. The predicted molar refractivity (Wildman–Crippen MR) is 59.0 cm³/mol. The molecule has 1 fully saturated rings. The molecule has 1 aromatic carbocycles. The van der Waals surface area contributed by atoms with Crippen LogP contribution in [0.4, 0.5) is 0 Å². The van der Waals surface area contributed by atoms with Crippen LogP contribution in [0.3, 0.4) is 0 Å². The maximum absolute atomic E-state index is 5.68. The molecule has 0 aromatic heterocycles. The van der Waals surface area contributed by atoms with E-state index in [1.54, 1.807) is 0 Å². The highest BCUT2D eigenvalue weighted by molar-refractivity contribution is 7.80. The van der Waals surface area contributed by atoms with Crippen molar-refractivity contribution >= 4 is 17.3 Å². The number of hydrogen-bond acceptors (Lipinski definition) is 2. The van der Waals surface area contributed by atoms with E-state index in [4.69, 9.17) is 22.7 Å². The summed E-state index contributed by atoms with van der Waals surface area (Å²) in [6.07, 6.45) is 1.00. The van der Waals surface area contributed by atoms with Gasteiger partial charge in [0.1, 0.15) is 5.75 Å². The molecule has 0 amide bonds. The summed E-state index contributed by atoms with van der Waals surface area (Å²) in [6, 6.07) is 9.70. The lowest BCUT2D eigenvalue weighted by molar-refractivity contribution is -0.000623. The van der Waals surface area contributed by atoms with Gasteiger partial charge in [-0.3, -0.25) is 0 Å². The molecule has 1 aromatic rings. The van der Waals surface area contributed by atoms with Gasteiger partial charge in [0.2, 0.25) is 0 Å². The molecule has 0 saturated carbocycles. The molecule has 14 heavy (non-hydrogen) atoms. The summed E-state index contributed by atoms with van der Waals surface area (Å²) in [5.74, 6) is 0.860. The molecule has 0 radical (unpaired) electrons. The quantitative estimate of drug-likeness (QED) is 0.744. The van der Waals surface area contributed by atoms with Crippen molar-refractivity contribution in [1.29, 1.82) is 0 Å². The van der Waals surface area contributed by atoms with E-state index in [0.717, 1.165) is 18.7 Å². The number of nitrogens with zero attached hydrogens (tertiary/aromatic N) is 1. The molecular formula is C10H12N2OS. The topological polar surface area (TPSA) is 38.5 Å². The Labute approximate surface area is 88.5 Å². The zero-order valence-corrected chi connectivity index (χ0v) is 8.54. The number of ether oxygens (including phenoxy) is 1. The van der Waals surface area contributed by atoms with Gasteiger partial charge in [-0.05, 0) is 24.4 Å². The summed E-state index contributed by atoms with van der Waals surface area (Å²) in [4.78, 5) is 1.88. The van der Waals surface area contributed by atoms with Gasteiger partial charge in [0.25, 0.3) is 0 Å². The van der Waals surface area contributed by atoms with E-state index in [1.807, 2.05) is 35.2 Å². The standard InChI is InChI=1S/C10H12N2OS/c11-10(14)12-7-6-9(12)13-8-4-2-1-3-5-8/h1-5,9H,6-7H2,(H2,11,14). The van der Waals surface area contributed by atoms with Gasteiger partial charge < -0.3 is 15.4 Å². The Kier molecular flexibility index (Phi) is 2.54. The molecule has 74 valence electrons. The molecule has 0 spiro atoms. The van der Waals surface area contributed by atoms with Crippen molar-refractivity contribution < 1.29 is 4.74 Å². The monoisotopic (exact) mass is 208 g/mol. The average molecular weight is 208 g/mol. The SMILES string of the molecule is NC(=S)N1CCC1Oc1ccccc1. The van der Waals surface area contributed by atoms with Crippen molar-refractivity contribution in [3.63, 3.8) is 0 Å². The van der Waals surface area contributed by atoms with Gasteiger partial charge in [-0.15, -0.1) is 0 Å². The first-order valence-corrected chi connectivity index (χ1v) is 4.96. The molecule has 1 heterocycles. The van der Waals surface area contributed by atoms with E-state index in [0.29, 0.717) is 5.11 Å². The molecule has 1 aliphatic rings. The highest BCUT2D eigenvalue weighted by Gasteiger charge is 2.30. The Bertz CT molecular complexity index is 328. The highest BCUT2D eigenvalue weighted by atomic mass is 32.1. The van der Waals surface area contributed by atoms with Crippen LogP contribution in [0.15, 0.2) is 30.3 Å². The number of thiocarbonyl (C=S) groups is 1. The minimum atomic E-state index is 0.0231. The fourth-order valence-electron chi connectivity index (χ4n) is 1.39. The van der Waals surface area contributed by atoms with Crippen LogP contribution in [0, 0.1) is 0 Å². The van der Waals surface area contributed by atoms with Crippen molar-refractivity contribution in [3.8, 4) is 5.75 Å². The fourth-order valence-corrected chi connectivity index (χ4v) is 1.60. The van der Waals surface area contributed by atoms with E-state index in [2.05, 4.69) is 0 Å². The zero-order valence-electron chi connectivity index (χ0n) is 7.72. The third kappa shape index (κ3) is 1.80. The molecule has 1 atom stereocenters. The summed E-state index contributed by atoms with van der Waals surface area (Å²) in [5, 5.41) is 0.414. The first-order chi connectivity index (χ1) is 6.77. The molecule has 2 N–H and O–H groups in total. The van der Waals surface area contributed by atoms with Crippen molar-refractivity contribution in [2.24, 2.45) is 5.73 Å². The molecule has 1 saturated heterocycles. The second-order valence-electron chi connectivity index (χ2n) is 3.21. The lowest BCUT2D eigenvalue weighted by Gasteiger charge is -2.40. The Morgan fingerprint density at radius 3 is 2.64 bits per heavy atom. The van der Waals surface area contributed by atoms with E-state index in [9.17, 15) is 0 Å². The first-order valence-electron chi connectivity index (χ1n) is 4.55. The minimum absolute atomic E-state index is 0.0231. The van der Waals surface area contributed by atoms with Gasteiger partial charge in [0.05, 0.1) is 0 Å². The first kappa shape index (κ1) is 9.27. The Morgan fingerprint density at radius 2 is 2.14 bits per heavy atom. The van der Waals surface area contributed by atoms with E-state index >= 15 is 0 Å². The number of benzene rings is 1. The third-order valence-electron chi connectivity index (χ3n) is 2.26. The molecule has 1 aliphatic heterocycles. The second kappa shape index (κ2) is 3.84. The van der Waals surface area contributed by atoms with Crippen LogP contribution in [0.25, 0.3) is 0 Å². The maximum Gasteiger partial charge on any atom is 0.175 e. The van der Waals surface area contributed by atoms with Crippen LogP contribution in [0.5, 0.6) is 5.75 Å². The Morgan fingerprint density at radius 1 is 1.43 bits per heavy atom. The molecular weight excluding hydrogens is 196 g/mol. The van der Waals surface area contributed by atoms with Crippen LogP contribution < -0.4 is 10.5 Å². The number of rotatable bonds is 2. The molecule has 3 nitrogen and oxygen atoms in total. The molecule has 2 rings (SSSR count). The smallest absolute Gasteiger partial charge is 0.175 e. The molecule has 4 heteroatoms. The molecule has 0 aliphatic carbocycles. The zero-order chi connectivity index (χ0) is 9.97.